The maximum atomic E-state index is 12.8. The second kappa shape index (κ2) is 6.86. The lowest BCUT2D eigenvalue weighted by molar-refractivity contribution is -0.133. The fraction of sp³-hybridized carbons (Fsp3) is 0.824. The molecule has 0 unspecified atom stereocenters. The third-order valence-electron chi connectivity index (χ3n) is 5.93. The first-order valence-electron chi connectivity index (χ1n) is 9.15. The quantitative estimate of drug-likeness (QED) is 0.526. The zero-order valence-electron chi connectivity index (χ0n) is 14.6. The van der Waals surface area contributed by atoms with Gasteiger partial charge in [-0.3, -0.25) is 10.2 Å². The second-order valence-electron chi connectivity index (χ2n) is 7.79. The van der Waals surface area contributed by atoms with Crippen molar-refractivity contribution in [2.24, 2.45) is 11.8 Å². The summed E-state index contributed by atoms with van der Waals surface area (Å²) in [4.78, 5) is 25.1. The molecule has 2 aliphatic carbocycles. The van der Waals surface area contributed by atoms with Gasteiger partial charge in [0.25, 0.3) is 5.91 Å². The van der Waals surface area contributed by atoms with Gasteiger partial charge in [0.05, 0.1) is 0 Å². The molecule has 7 heteroatoms. The van der Waals surface area contributed by atoms with Crippen molar-refractivity contribution in [2.45, 2.75) is 76.8 Å². The molecular weight excluding hydrogens is 324 g/mol. The van der Waals surface area contributed by atoms with Crippen LogP contribution in [-0.2, 0) is 4.79 Å². The Morgan fingerprint density at radius 1 is 1.17 bits per heavy atom. The van der Waals surface area contributed by atoms with Crippen LogP contribution in [0.3, 0.4) is 0 Å². The lowest BCUT2D eigenvalue weighted by atomic mass is 9.77. The molecule has 24 heavy (non-hydrogen) atoms. The van der Waals surface area contributed by atoms with Crippen LogP contribution < -0.4 is 16.1 Å². The highest BCUT2D eigenvalue weighted by Crippen LogP contribution is 2.35. The third kappa shape index (κ3) is 3.36. The minimum atomic E-state index is -0.732. The van der Waals surface area contributed by atoms with Gasteiger partial charge in [-0.2, -0.15) is 5.01 Å². The number of carbonyl (C=O) groups is 2. The summed E-state index contributed by atoms with van der Waals surface area (Å²) in [7, 11) is 0. The minimum Gasteiger partial charge on any atom is -0.358 e. The number of imide groups is 1. The molecule has 6 nitrogen and oxygen atoms in total. The highest BCUT2D eigenvalue weighted by atomic mass is 32.1. The molecule has 0 aromatic rings. The van der Waals surface area contributed by atoms with Crippen molar-refractivity contribution in [3.8, 4) is 0 Å². The van der Waals surface area contributed by atoms with Crippen molar-refractivity contribution in [3.05, 3.63) is 0 Å². The molecule has 134 valence electrons. The van der Waals surface area contributed by atoms with Crippen LogP contribution in [0.5, 0.6) is 0 Å². The molecule has 1 spiro atoms. The standard InChI is InChI=1S/C17H28N4O2S/c1-11-7-9-17(10-8-11)14(22)21(16(23)19-17)20-15(24)18-13-6-4-3-5-12(13)2/h11-13H,3-10H2,1-2H3,(H,19,23)(H2,18,20,24)/t11?,12-,13+,17?/m1/s1. The van der Waals surface area contributed by atoms with Crippen LogP contribution in [0, 0.1) is 11.8 Å². The summed E-state index contributed by atoms with van der Waals surface area (Å²) in [6.45, 7) is 4.40. The van der Waals surface area contributed by atoms with E-state index < -0.39 is 11.6 Å². The summed E-state index contributed by atoms with van der Waals surface area (Å²) >= 11 is 5.34. The van der Waals surface area contributed by atoms with Crippen LogP contribution in [0.25, 0.3) is 0 Å². The largest absolute Gasteiger partial charge is 0.358 e. The highest BCUT2D eigenvalue weighted by molar-refractivity contribution is 7.80. The number of nitrogens with one attached hydrogen (secondary N) is 3. The number of hydrogen-bond acceptors (Lipinski definition) is 3. The molecule has 3 N–H and O–H groups in total. The Labute approximate surface area is 149 Å². The van der Waals surface area contributed by atoms with Crippen molar-refractivity contribution in [1.82, 2.24) is 21.1 Å². The van der Waals surface area contributed by atoms with Gasteiger partial charge in [0.2, 0.25) is 0 Å². The normalized spacial score (nSPS) is 36.6. The zero-order valence-corrected chi connectivity index (χ0v) is 15.4. The van der Waals surface area contributed by atoms with E-state index in [1.807, 2.05) is 0 Å². The highest BCUT2D eigenvalue weighted by Gasteiger charge is 2.52. The first-order chi connectivity index (χ1) is 11.4. The smallest absolute Gasteiger partial charge is 0.344 e. The van der Waals surface area contributed by atoms with E-state index in [2.05, 4.69) is 29.9 Å². The number of hydrogen-bond donors (Lipinski definition) is 3. The Morgan fingerprint density at radius 3 is 2.50 bits per heavy atom. The number of urea groups is 1. The van der Waals surface area contributed by atoms with Gasteiger partial charge >= 0.3 is 6.03 Å². The van der Waals surface area contributed by atoms with E-state index in [4.69, 9.17) is 12.2 Å². The number of thiocarbonyl (C=S) groups is 1. The lowest BCUT2D eigenvalue weighted by Gasteiger charge is -2.34. The van der Waals surface area contributed by atoms with E-state index in [0.717, 1.165) is 24.3 Å². The summed E-state index contributed by atoms with van der Waals surface area (Å²) in [5, 5.41) is 7.60. The van der Waals surface area contributed by atoms with Gasteiger partial charge in [0.1, 0.15) is 5.54 Å². The molecule has 1 aliphatic heterocycles. The number of carbonyl (C=O) groups excluding carboxylic acids is 2. The minimum absolute atomic E-state index is 0.194. The lowest BCUT2D eigenvalue weighted by Crippen LogP contribution is -2.55. The number of nitrogens with zero attached hydrogens (tertiary/aromatic N) is 1. The van der Waals surface area contributed by atoms with E-state index in [-0.39, 0.29) is 5.91 Å². The monoisotopic (exact) mass is 352 g/mol. The summed E-state index contributed by atoms with van der Waals surface area (Å²) < 4.78 is 0. The van der Waals surface area contributed by atoms with Crippen molar-refractivity contribution in [1.29, 1.82) is 0 Å². The van der Waals surface area contributed by atoms with Crippen molar-refractivity contribution >= 4 is 29.3 Å². The number of amides is 3. The molecule has 3 amide bonds. The van der Waals surface area contributed by atoms with Crippen molar-refractivity contribution < 1.29 is 9.59 Å². The molecular formula is C17H28N4O2S. The molecule has 3 aliphatic rings. The van der Waals surface area contributed by atoms with Gasteiger partial charge < -0.3 is 10.6 Å². The summed E-state index contributed by atoms with van der Waals surface area (Å²) in [6, 6.07) is -0.0839. The van der Waals surface area contributed by atoms with Gasteiger partial charge in [-0.25, -0.2) is 4.79 Å². The van der Waals surface area contributed by atoms with Crippen LogP contribution in [0.15, 0.2) is 0 Å². The fourth-order valence-electron chi connectivity index (χ4n) is 4.15. The molecule has 3 rings (SSSR count). The Morgan fingerprint density at radius 2 is 1.83 bits per heavy atom. The first-order valence-corrected chi connectivity index (χ1v) is 9.56. The Bertz CT molecular complexity index is 531. The summed E-state index contributed by atoms with van der Waals surface area (Å²) in [6.07, 6.45) is 8.04. The van der Waals surface area contributed by atoms with Gasteiger partial charge in [0, 0.05) is 6.04 Å². The van der Waals surface area contributed by atoms with Crippen molar-refractivity contribution in [2.75, 3.05) is 0 Å². The van der Waals surface area contributed by atoms with Gasteiger partial charge in [-0.15, -0.1) is 0 Å². The van der Waals surface area contributed by atoms with Crippen LogP contribution in [0.2, 0.25) is 0 Å². The van der Waals surface area contributed by atoms with Crippen LogP contribution >= 0.6 is 12.2 Å². The maximum Gasteiger partial charge on any atom is 0.344 e. The fourth-order valence-corrected chi connectivity index (χ4v) is 4.39. The topological polar surface area (TPSA) is 73.5 Å². The Kier molecular flexibility index (Phi) is 4.99. The maximum absolute atomic E-state index is 12.8. The van der Waals surface area contributed by atoms with Crippen molar-refractivity contribution in [3.63, 3.8) is 0 Å². The second-order valence-corrected chi connectivity index (χ2v) is 8.20. The average Bonchev–Trinajstić information content (AvgIpc) is 2.77. The van der Waals surface area contributed by atoms with Gasteiger partial charge in [0.15, 0.2) is 5.11 Å². The average molecular weight is 353 g/mol. The number of rotatable bonds is 2. The molecule has 0 aromatic heterocycles. The molecule has 3 fully saturated rings. The van der Waals surface area contributed by atoms with Crippen LogP contribution in [0.4, 0.5) is 4.79 Å². The zero-order chi connectivity index (χ0) is 17.3. The van der Waals surface area contributed by atoms with Gasteiger partial charge in [-0.05, 0) is 62.6 Å². The molecule has 2 atom stereocenters. The van der Waals surface area contributed by atoms with Crippen LogP contribution in [-0.4, -0.2) is 33.6 Å². The van der Waals surface area contributed by atoms with E-state index in [9.17, 15) is 9.59 Å². The predicted molar refractivity (Wildman–Crippen MR) is 96.0 cm³/mol. The molecule has 0 radical (unpaired) electrons. The van der Waals surface area contributed by atoms with E-state index in [0.29, 0.717) is 35.8 Å². The predicted octanol–water partition coefficient (Wildman–Crippen LogP) is 2.44. The Balaban J connectivity index is 1.59. The molecule has 1 saturated heterocycles. The molecule has 1 heterocycles. The SMILES string of the molecule is CC1CCC2(CC1)NC(=O)N(NC(=S)N[C@H]1CCCC[C@H]1C)C2=O. The third-order valence-corrected chi connectivity index (χ3v) is 6.14. The van der Waals surface area contributed by atoms with Crippen LogP contribution in [0.1, 0.15) is 65.2 Å². The molecule has 0 aromatic carbocycles. The van der Waals surface area contributed by atoms with E-state index in [1.165, 1.54) is 19.3 Å². The Hall–Kier alpha value is -1.37. The van der Waals surface area contributed by atoms with Gasteiger partial charge in [-0.1, -0.05) is 26.7 Å². The summed E-state index contributed by atoms with van der Waals surface area (Å²) in [5.41, 5.74) is 2.09. The van der Waals surface area contributed by atoms with E-state index >= 15 is 0 Å². The first kappa shape index (κ1) is 17.5. The summed E-state index contributed by atoms with van der Waals surface area (Å²) in [5.74, 6) is 0.964. The molecule has 2 saturated carbocycles. The number of hydrazine groups is 1. The molecule has 0 bridgehead atoms. The van der Waals surface area contributed by atoms with E-state index in [1.54, 1.807) is 0 Å².